The number of rotatable bonds is 7. The molecule has 8 nitrogen and oxygen atoms in total. The van der Waals surface area contributed by atoms with Crippen molar-refractivity contribution in [3.8, 4) is 0 Å². The van der Waals surface area contributed by atoms with Crippen LogP contribution in [0.15, 0.2) is 47.6 Å². The highest BCUT2D eigenvalue weighted by Crippen LogP contribution is 2.24. The van der Waals surface area contributed by atoms with Gasteiger partial charge in [-0.15, -0.1) is 0 Å². The molecule has 0 fully saturated rings. The fraction of sp³-hybridized carbons (Fsp3) is 0.167. The first-order chi connectivity index (χ1) is 13.3. The van der Waals surface area contributed by atoms with Gasteiger partial charge in [0.15, 0.2) is 0 Å². The highest BCUT2D eigenvalue weighted by molar-refractivity contribution is 6.33. The Kier molecular flexibility index (Phi) is 7.48. The number of carbonyl (C=O) groups is 2. The zero-order valence-corrected chi connectivity index (χ0v) is 16.3. The highest BCUT2D eigenvalue weighted by atomic mass is 35.5. The molecule has 2 N–H and O–H groups in total. The lowest BCUT2D eigenvalue weighted by atomic mass is 10.2. The van der Waals surface area contributed by atoms with Crippen LogP contribution in [0.3, 0.4) is 0 Å². The lowest BCUT2D eigenvalue weighted by Crippen LogP contribution is -2.26. The monoisotopic (exact) mass is 422 g/mol. The fourth-order valence-electron chi connectivity index (χ4n) is 2.14. The summed E-state index contributed by atoms with van der Waals surface area (Å²) in [6.07, 6.45) is -0.00507. The number of nitro groups is 1. The smallest absolute Gasteiger partial charge is 0.287 e. The Hall–Kier alpha value is -2.97. The van der Waals surface area contributed by atoms with E-state index < -0.39 is 10.8 Å². The van der Waals surface area contributed by atoms with Gasteiger partial charge in [-0.05, 0) is 36.8 Å². The van der Waals surface area contributed by atoms with Gasteiger partial charge in [-0.3, -0.25) is 19.7 Å². The predicted octanol–water partition coefficient (Wildman–Crippen LogP) is 3.71. The third-order valence-corrected chi connectivity index (χ3v) is 4.13. The van der Waals surface area contributed by atoms with Crippen molar-refractivity contribution in [1.29, 1.82) is 0 Å². The molecule has 2 rings (SSSR count). The lowest BCUT2D eigenvalue weighted by molar-refractivity contribution is -0.384. The van der Waals surface area contributed by atoms with E-state index in [0.29, 0.717) is 17.3 Å². The lowest BCUT2D eigenvalue weighted by Gasteiger charge is -2.06. The quantitative estimate of drug-likeness (QED) is 0.401. The van der Waals surface area contributed by atoms with Gasteiger partial charge in [0, 0.05) is 28.9 Å². The molecule has 0 unspecified atom stereocenters. The molecule has 0 saturated heterocycles. The number of halogens is 2. The number of nitrogens with zero attached hydrogens (tertiary/aromatic N) is 2. The van der Waals surface area contributed by atoms with E-state index in [1.807, 2.05) is 0 Å². The minimum absolute atomic E-state index is 0.00507. The molecule has 28 heavy (non-hydrogen) atoms. The van der Waals surface area contributed by atoms with Gasteiger partial charge >= 0.3 is 0 Å². The van der Waals surface area contributed by atoms with Crippen molar-refractivity contribution in [2.75, 3.05) is 0 Å². The van der Waals surface area contributed by atoms with Gasteiger partial charge in [-0.25, -0.2) is 5.43 Å². The second-order valence-corrected chi connectivity index (χ2v) is 6.63. The maximum atomic E-state index is 12.0. The number of hydrogen-bond acceptors (Lipinski definition) is 5. The van der Waals surface area contributed by atoms with Crippen LogP contribution in [0, 0.1) is 10.1 Å². The first-order valence-corrected chi connectivity index (χ1v) is 8.80. The number of benzene rings is 2. The van der Waals surface area contributed by atoms with Crippen molar-refractivity contribution in [1.82, 2.24) is 10.7 Å². The number of hydrogen-bond donors (Lipinski definition) is 2. The Morgan fingerprint density at radius 1 is 1.14 bits per heavy atom. The Labute approximate surface area is 170 Å². The van der Waals surface area contributed by atoms with Crippen molar-refractivity contribution in [3.05, 3.63) is 73.8 Å². The van der Waals surface area contributed by atoms with E-state index >= 15 is 0 Å². The zero-order chi connectivity index (χ0) is 20.7. The van der Waals surface area contributed by atoms with Crippen molar-refractivity contribution in [2.24, 2.45) is 5.10 Å². The third-order valence-electron chi connectivity index (χ3n) is 3.57. The summed E-state index contributed by atoms with van der Waals surface area (Å²) >= 11 is 11.6. The summed E-state index contributed by atoms with van der Waals surface area (Å²) in [4.78, 5) is 34.1. The van der Waals surface area contributed by atoms with Gasteiger partial charge in [0.1, 0.15) is 5.02 Å². The van der Waals surface area contributed by atoms with E-state index in [2.05, 4.69) is 15.8 Å². The van der Waals surface area contributed by atoms with E-state index in [1.165, 1.54) is 12.1 Å². The van der Waals surface area contributed by atoms with Crippen LogP contribution in [0.1, 0.15) is 29.3 Å². The van der Waals surface area contributed by atoms with Gasteiger partial charge in [-0.2, -0.15) is 5.10 Å². The Bertz CT molecular complexity index is 930. The van der Waals surface area contributed by atoms with Gasteiger partial charge in [0.05, 0.1) is 11.3 Å². The van der Waals surface area contributed by atoms with Gasteiger partial charge in [0.25, 0.3) is 11.6 Å². The van der Waals surface area contributed by atoms with E-state index in [4.69, 9.17) is 23.2 Å². The zero-order valence-electron chi connectivity index (χ0n) is 14.7. The summed E-state index contributed by atoms with van der Waals surface area (Å²) in [6.45, 7) is 1.93. The average Bonchev–Trinajstić information content (AvgIpc) is 2.65. The predicted molar refractivity (Wildman–Crippen MR) is 107 cm³/mol. The summed E-state index contributed by atoms with van der Waals surface area (Å²) in [5.41, 5.74) is 3.38. The van der Waals surface area contributed by atoms with Crippen molar-refractivity contribution < 1.29 is 14.5 Å². The van der Waals surface area contributed by atoms with Crippen LogP contribution in [0.4, 0.5) is 5.69 Å². The molecule has 0 bridgehead atoms. The highest BCUT2D eigenvalue weighted by Gasteiger charge is 2.15. The molecule has 2 aromatic rings. The molecule has 0 spiro atoms. The van der Waals surface area contributed by atoms with Crippen molar-refractivity contribution >= 4 is 46.4 Å². The summed E-state index contributed by atoms with van der Waals surface area (Å²) in [5.74, 6) is -0.860. The van der Waals surface area contributed by atoms with E-state index in [1.54, 1.807) is 31.2 Å². The van der Waals surface area contributed by atoms with Crippen molar-refractivity contribution in [2.45, 2.75) is 19.9 Å². The Balaban J connectivity index is 1.86. The fourth-order valence-corrected chi connectivity index (χ4v) is 2.52. The van der Waals surface area contributed by atoms with Gasteiger partial charge in [0.2, 0.25) is 5.91 Å². The third kappa shape index (κ3) is 6.33. The number of nitrogens with one attached hydrogen (secondary N) is 2. The minimum Gasteiger partial charge on any atom is -0.352 e. The maximum Gasteiger partial charge on any atom is 0.287 e. The average molecular weight is 423 g/mol. The first-order valence-electron chi connectivity index (χ1n) is 8.05. The van der Waals surface area contributed by atoms with Crippen LogP contribution in [0.2, 0.25) is 10.0 Å². The van der Waals surface area contributed by atoms with Crippen LogP contribution in [0.5, 0.6) is 0 Å². The second kappa shape index (κ2) is 9.82. The Morgan fingerprint density at radius 3 is 2.43 bits per heavy atom. The van der Waals surface area contributed by atoms with Crippen LogP contribution < -0.4 is 10.7 Å². The normalized spacial score (nSPS) is 11.0. The molecule has 0 heterocycles. The van der Waals surface area contributed by atoms with E-state index in [-0.39, 0.29) is 28.6 Å². The summed E-state index contributed by atoms with van der Waals surface area (Å²) in [5, 5.41) is 17.8. The number of hydrazone groups is 1. The van der Waals surface area contributed by atoms with Gasteiger partial charge in [-0.1, -0.05) is 35.3 Å². The largest absolute Gasteiger partial charge is 0.352 e. The van der Waals surface area contributed by atoms with E-state index in [9.17, 15) is 19.7 Å². The molecule has 0 aliphatic rings. The molecular weight excluding hydrogens is 407 g/mol. The molecule has 0 aliphatic carbocycles. The molecule has 2 amide bonds. The number of carbonyl (C=O) groups excluding carboxylic acids is 2. The topological polar surface area (TPSA) is 114 Å². The summed E-state index contributed by atoms with van der Waals surface area (Å²) in [6, 6.07) is 10.7. The Morgan fingerprint density at radius 2 is 1.82 bits per heavy atom. The van der Waals surface area contributed by atoms with Crippen LogP contribution in [-0.4, -0.2) is 22.4 Å². The summed E-state index contributed by atoms with van der Waals surface area (Å²) < 4.78 is 0. The molecule has 2 aromatic carbocycles. The first kappa shape index (κ1) is 21.3. The molecule has 0 aliphatic heterocycles. The minimum atomic E-state index is -0.644. The SMILES string of the molecule is C/C(CC(=O)NCc1ccc(Cl)cc1)=N/NC(=O)c1ccc([N+](=O)[O-])c(Cl)c1. The van der Waals surface area contributed by atoms with Crippen LogP contribution >= 0.6 is 23.2 Å². The van der Waals surface area contributed by atoms with Crippen LogP contribution in [0.25, 0.3) is 0 Å². The molecule has 146 valence electrons. The molecule has 0 radical (unpaired) electrons. The van der Waals surface area contributed by atoms with Crippen molar-refractivity contribution in [3.63, 3.8) is 0 Å². The molecule has 0 atom stereocenters. The number of nitro benzene ring substituents is 1. The summed E-state index contributed by atoms with van der Waals surface area (Å²) in [7, 11) is 0. The standard InChI is InChI=1S/C18H16Cl2N4O4/c1-11(8-17(25)21-10-12-2-5-14(19)6-3-12)22-23-18(26)13-4-7-16(24(27)28)15(20)9-13/h2-7,9H,8,10H2,1H3,(H,21,25)(H,23,26)/b22-11-. The van der Waals surface area contributed by atoms with Gasteiger partial charge < -0.3 is 5.32 Å². The molecular formula is C18H16Cl2N4O4. The van der Waals surface area contributed by atoms with Crippen LogP contribution in [-0.2, 0) is 11.3 Å². The molecule has 0 aromatic heterocycles. The molecule has 10 heteroatoms. The molecule has 0 saturated carbocycles. The second-order valence-electron chi connectivity index (χ2n) is 5.79. The number of amides is 2. The maximum absolute atomic E-state index is 12.0. The van der Waals surface area contributed by atoms with E-state index in [0.717, 1.165) is 11.6 Å².